The molecular formula is C34H37N3O4. The molecule has 0 aliphatic carbocycles. The van der Waals surface area contributed by atoms with Crippen LogP contribution in [0.1, 0.15) is 40.9 Å². The molecule has 0 amide bonds. The number of hydrogen-bond donors (Lipinski definition) is 3. The SMILES string of the molecule is CCc1c(-c2ccc(N3C[C@@H](CN(Cc4ccccc4)Cc4ccccc4)[C@H](C)C3)cc2)[nH]c(=O)c(C(=O)O)c1O. The number of anilines is 1. The zero-order valence-electron chi connectivity index (χ0n) is 23.6. The molecule has 0 spiro atoms. The molecule has 3 N–H and O–H groups in total. The van der Waals surface area contributed by atoms with Gasteiger partial charge in [-0.05, 0) is 47.1 Å². The van der Waals surface area contributed by atoms with Crippen LogP contribution in [0, 0.1) is 11.8 Å². The molecule has 0 bridgehead atoms. The molecule has 0 radical (unpaired) electrons. The monoisotopic (exact) mass is 551 g/mol. The second kappa shape index (κ2) is 12.4. The Hall–Kier alpha value is -4.36. The molecule has 5 rings (SSSR count). The third kappa shape index (κ3) is 6.36. The number of pyridine rings is 1. The van der Waals surface area contributed by atoms with Gasteiger partial charge in [0.25, 0.3) is 5.56 Å². The van der Waals surface area contributed by atoms with E-state index in [9.17, 15) is 19.8 Å². The van der Waals surface area contributed by atoms with E-state index in [0.29, 0.717) is 29.5 Å². The summed E-state index contributed by atoms with van der Waals surface area (Å²) in [4.78, 5) is 31.5. The standard InChI is InChI=1S/C34H37N3O4/c1-3-29-31(35-33(39)30(32(29)38)34(40)41)26-14-16-28(17-15-26)37-18-23(2)27(22-37)21-36(19-24-10-6-4-7-11-24)20-25-12-8-5-9-13-25/h4-17,23,27H,3,18-22H2,1-2H3,(H,40,41)(H2,35,38,39)/t23-,27-/m1/s1. The third-order valence-electron chi connectivity index (χ3n) is 8.14. The minimum absolute atomic E-state index is 0.383. The smallest absolute Gasteiger partial charge is 0.345 e. The van der Waals surface area contributed by atoms with E-state index < -0.39 is 22.8 Å². The molecule has 1 aliphatic rings. The zero-order chi connectivity index (χ0) is 28.9. The van der Waals surface area contributed by atoms with Crippen LogP contribution < -0.4 is 10.5 Å². The van der Waals surface area contributed by atoms with Crippen LogP contribution in [0.2, 0.25) is 0 Å². The zero-order valence-corrected chi connectivity index (χ0v) is 23.6. The van der Waals surface area contributed by atoms with Crippen molar-refractivity contribution >= 4 is 11.7 Å². The lowest BCUT2D eigenvalue weighted by atomic mass is 9.97. The van der Waals surface area contributed by atoms with E-state index in [1.807, 2.05) is 31.2 Å². The number of aromatic amines is 1. The van der Waals surface area contributed by atoms with Gasteiger partial charge in [0.2, 0.25) is 0 Å². The van der Waals surface area contributed by atoms with Gasteiger partial charge in [0.1, 0.15) is 5.75 Å². The Morgan fingerprint density at radius 3 is 2.05 bits per heavy atom. The number of rotatable bonds is 10. The maximum atomic E-state index is 12.4. The van der Waals surface area contributed by atoms with E-state index in [2.05, 4.69) is 82.4 Å². The first kappa shape index (κ1) is 28.2. The number of carboxylic acid groups (broad SMARTS) is 1. The molecular weight excluding hydrogens is 514 g/mol. The lowest BCUT2D eigenvalue weighted by Gasteiger charge is -2.27. The summed E-state index contributed by atoms with van der Waals surface area (Å²) in [5.41, 5.74) is 3.91. The van der Waals surface area contributed by atoms with Gasteiger partial charge < -0.3 is 20.1 Å². The van der Waals surface area contributed by atoms with E-state index in [4.69, 9.17) is 0 Å². The summed E-state index contributed by atoms with van der Waals surface area (Å²) in [6, 6.07) is 29.2. The number of H-pyrrole nitrogens is 1. The molecule has 2 atom stereocenters. The van der Waals surface area contributed by atoms with E-state index in [0.717, 1.165) is 44.0 Å². The van der Waals surface area contributed by atoms with Crippen LogP contribution in [0.25, 0.3) is 11.3 Å². The number of hydrogen-bond acceptors (Lipinski definition) is 5. The molecule has 4 aromatic rings. The second-order valence-electron chi connectivity index (χ2n) is 11.0. The maximum Gasteiger partial charge on any atom is 0.345 e. The number of benzene rings is 3. The highest BCUT2D eigenvalue weighted by Crippen LogP contribution is 2.33. The first-order valence-corrected chi connectivity index (χ1v) is 14.2. The number of aromatic carboxylic acids is 1. The van der Waals surface area contributed by atoms with Crippen molar-refractivity contribution < 1.29 is 15.0 Å². The minimum atomic E-state index is -1.44. The fraction of sp³-hybridized carbons (Fsp3) is 0.294. The van der Waals surface area contributed by atoms with Gasteiger partial charge in [0.15, 0.2) is 5.56 Å². The Balaban J connectivity index is 1.32. The van der Waals surface area contributed by atoms with E-state index in [1.165, 1.54) is 11.1 Å². The van der Waals surface area contributed by atoms with Gasteiger partial charge in [-0.3, -0.25) is 9.69 Å². The van der Waals surface area contributed by atoms with E-state index in [1.54, 1.807) is 0 Å². The van der Waals surface area contributed by atoms with Crippen LogP contribution in [0.5, 0.6) is 5.75 Å². The lowest BCUT2D eigenvalue weighted by Crippen LogP contribution is -2.32. The second-order valence-corrected chi connectivity index (χ2v) is 11.0. The van der Waals surface area contributed by atoms with Gasteiger partial charge in [-0.2, -0.15) is 0 Å². The summed E-state index contributed by atoms with van der Waals surface area (Å²) < 4.78 is 0. The number of aromatic hydroxyl groups is 1. The average molecular weight is 552 g/mol. The predicted molar refractivity (Wildman–Crippen MR) is 162 cm³/mol. The van der Waals surface area contributed by atoms with Gasteiger partial charge in [-0.1, -0.05) is 86.6 Å². The fourth-order valence-electron chi connectivity index (χ4n) is 5.94. The van der Waals surface area contributed by atoms with Crippen molar-refractivity contribution in [2.45, 2.75) is 33.4 Å². The molecule has 3 aromatic carbocycles. The summed E-state index contributed by atoms with van der Waals surface area (Å²) in [5.74, 6) is -0.878. The van der Waals surface area contributed by atoms with Crippen LogP contribution in [-0.2, 0) is 19.5 Å². The molecule has 41 heavy (non-hydrogen) atoms. The Labute approximate surface area is 240 Å². The molecule has 212 valence electrons. The van der Waals surface area contributed by atoms with Crippen molar-refractivity contribution in [1.29, 1.82) is 0 Å². The molecule has 2 heterocycles. The number of carbonyl (C=O) groups is 1. The predicted octanol–water partition coefficient (Wildman–Crippen LogP) is 5.78. The number of carboxylic acids is 1. The summed E-state index contributed by atoms with van der Waals surface area (Å²) in [6.45, 7) is 8.86. The maximum absolute atomic E-state index is 12.4. The van der Waals surface area contributed by atoms with Gasteiger partial charge in [-0.15, -0.1) is 0 Å². The molecule has 0 unspecified atom stereocenters. The van der Waals surface area contributed by atoms with Gasteiger partial charge >= 0.3 is 5.97 Å². The highest BCUT2D eigenvalue weighted by atomic mass is 16.4. The molecule has 7 heteroatoms. The largest absolute Gasteiger partial charge is 0.506 e. The number of aromatic nitrogens is 1. The summed E-state index contributed by atoms with van der Waals surface area (Å²) in [5, 5.41) is 19.9. The average Bonchev–Trinajstić information content (AvgIpc) is 3.33. The number of nitrogens with zero attached hydrogens (tertiary/aromatic N) is 2. The summed E-state index contributed by atoms with van der Waals surface area (Å²) >= 11 is 0. The first-order chi connectivity index (χ1) is 19.8. The van der Waals surface area contributed by atoms with Crippen molar-refractivity contribution in [2.24, 2.45) is 11.8 Å². The van der Waals surface area contributed by atoms with Crippen molar-refractivity contribution in [1.82, 2.24) is 9.88 Å². The van der Waals surface area contributed by atoms with Crippen molar-refractivity contribution in [3.63, 3.8) is 0 Å². The molecule has 7 nitrogen and oxygen atoms in total. The molecule has 1 saturated heterocycles. The normalized spacial score (nSPS) is 16.8. The van der Waals surface area contributed by atoms with Crippen LogP contribution in [0.3, 0.4) is 0 Å². The molecule has 1 fully saturated rings. The van der Waals surface area contributed by atoms with Crippen LogP contribution in [-0.4, -0.2) is 45.7 Å². The minimum Gasteiger partial charge on any atom is -0.506 e. The van der Waals surface area contributed by atoms with Gasteiger partial charge in [0, 0.05) is 44.0 Å². The molecule has 1 aromatic heterocycles. The lowest BCUT2D eigenvalue weighted by molar-refractivity contribution is 0.0691. The van der Waals surface area contributed by atoms with E-state index in [-0.39, 0.29) is 0 Å². The summed E-state index contributed by atoms with van der Waals surface area (Å²) in [7, 11) is 0. The highest BCUT2D eigenvalue weighted by Gasteiger charge is 2.31. The molecule has 1 aliphatic heterocycles. The Morgan fingerprint density at radius 2 is 1.51 bits per heavy atom. The Bertz CT molecular complexity index is 1490. The topological polar surface area (TPSA) is 96.9 Å². The van der Waals surface area contributed by atoms with Crippen LogP contribution >= 0.6 is 0 Å². The van der Waals surface area contributed by atoms with Crippen molar-refractivity contribution in [3.05, 3.63) is 118 Å². The third-order valence-corrected chi connectivity index (χ3v) is 8.14. The summed E-state index contributed by atoms with van der Waals surface area (Å²) in [6.07, 6.45) is 0.383. The van der Waals surface area contributed by atoms with Crippen molar-refractivity contribution in [2.75, 3.05) is 24.5 Å². The molecule has 0 saturated carbocycles. The van der Waals surface area contributed by atoms with Crippen molar-refractivity contribution in [3.8, 4) is 17.0 Å². The van der Waals surface area contributed by atoms with Crippen LogP contribution in [0.15, 0.2) is 89.7 Å². The van der Waals surface area contributed by atoms with Crippen LogP contribution in [0.4, 0.5) is 5.69 Å². The van der Waals surface area contributed by atoms with Gasteiger partial charge in [0.05, 0.1) is 5.69 Å². The Kier molecular flexibility index (Phi) is 8.55. The number of nitrogens with one attached hydrogen (secondary N) is 1. The highest BCUT2D eigenvalue weighted by molar-refractivity contribution is 5.92. The Morgan fingerprint density at radius 1 is 0.927 bits per heavy atom. The van der Waals surface area contributed by atoms with E-state index >= 15 is 0 Å². The quantitative estimate of drug-likeness (QED) is 0.231. The first-order valence-electron chi connectivity index (χ1n) is 14.2. The fourth-order valence-corrected chi connectivity index (χ4v) is 5.94. The van der Waals surface area contributed by atoms with Gasteiger partial charge in [-0.25, -0.2) is 4.79 Å².